The second-order valence-electron chi connectivity index (χ2n) is 5.44. The van der Waals surface area contributed by atoms with Gasteiger partial charge in [-0.2, -0.15) is 0 Å². The number of hydrogen-bond acceptors (Lipinski definition) is 6. The Morgan fingerprint density at radius 2 is 2.38 bits per heavy atom. The van der Waals surface area contributed by atoms with E-state index in [2.05, 4.69) is 14.6 Å². The Labute approximate surface area is 133 Å². The first-order chi connectivity index (χ1) is 9.95. The zero-order valence-electron chi connectivity index (χ0n) is 11.7. The SMILES string of the molecule is Cc1nc(Cl)sc1S(=O)(=O)NCC1CN2CCCC2CO1. The number of nitrogens with one attached hydrogen (secondary N) is 1. The molecule has 2 saturated heterocycles. The van der Waals surface area contributed by atoms with Gasteiger partial charge in [0.25, 0.3) is 10.0 Å². The Morgan fingerprint density at radius 1 is 1.57 bits per heavy atom. The van der Waals surface area contributed by atoms with E-state index in [4.69, 9.17) is 16.3 Å². The number of sulfonamides is 1. The summed E-state index contributed by atoms with van der Waals surface area (Å²) in [7, 11) is -3.57. The third kappa shape index (κ3) is 3.40. The first-order valence-corrected chi connectivity index (χ1v) is 9.62. The lowest BCUT2D eigenvalue weighted by Gasteiger charge is -2.35. The fourth-order valence-electron chi connectivity index (χ4n) is 2.88. The third-order valence-corrected chi connectivity index (χ3v) is 7.23. The molecular weight excluding hydrogens is 334 g/mol. The fourth-order valence-corrected chi connectivity index (χ4v) is 5.73. The molecule has 0 aliphatic carbocycles. The van der Waals surface area contributed by atoms with Crippen LogP contribution >= 0.6 is 22.9 Å². The number of halogens is 1. The molecule has 9 heteroatoms. The summed E-state index contributed by atoms with van der Waals surface area (Å²) in [5, 5.41) is 0. The molecule has 1 N–H and O–H groups in total. The summed E-state index contributed by atoms with van der Waals surface area (Å²) >= 11 is 6.74. The smallest absolute Gasteiger partial charge is 0.252 e. The number of aromatic nitrogens is 1. The lowest BCUT2D eigenvalue weighted by atomic mass is 10.2. The van der Waals surface area contributed by atoms with Crippen LogP contribution in [0.4, 0.5) is 0 Å². The predicted molar refractivity (Wildman–Crippen MR) is 81.4 cm³/mol. The number of hydrogen-bond donors (Lipinski definition) is 1. The maximum atomic E-state index is 12.3. The highest BCUT2D eigenvalue weighted by Gasteiger charge is 2.33. The van der Waals surface area contributed by atoms with Crippen molar-refractivity contribution in [1.82, 2.24) is 14.6 Å². The number of nitrogens with zero attached hydrogens (tertiary/aromatic N) is 2. The standard InChI is InChI=1S/C12H18ClN3O3S2/c1-8-11(20-12(13)15-8)21(17,18)14-5-10-6-16-4-2-3-9(16)7-19-10/h9-10,14H,2-7H2,1H3. The average molecular weight is 352 g/mol. The Bertz CT molecular complexity index is 619. The molecule has 2 aliphatic rings. The summed E-state index contributed by atoms with van der Waals surface area (Å²) in [5.41, 5.74) is 0.432. The Morgan fingerprint density at radius 3 is 3.10 bits per heavy atom. The number of aryl methyl sites for hydroxylation is 1. The van der Waals surface area contributed by atoms with E-state index in [0.717, 1.165) is 24.4 Å². The van der Waals surface area contributed by atoms with Crippen molar-refractivity contribution < 1.29 is 13.2 Å². The van der Waals surface area contributed by atoms with Crippen LogP contribution in [0.1, 0.15) is 18.5 Å². The van der Waals surface area contributed by atoms with Crippen molar-refractivity contribution in [2.24, 2.45) is 0 Å². The molecule has 2 atom stereocenters. The summed E-state index contributed by atoms with van der Waals surface area (Å²) in [6.45, 7) is 4.48. The molecule has 0 radical (unpaired) electrons. The zero-order chi connectivity index (χ0) is 15.0. The number of thiazole rings is 1. The van der Waals surface area contributed by atoms with Crippen LogP contribution in [0.5, 0.6) is 0 Å². The molecule has 0 spiro atoms. The van der Waals surface area contributed by atoms with Gasteiger partial charge in [0, 0.05) is 19.1 Å². The van der Waals surface area contributed by atoms with Crippen molar-refractivity contribution >= 4 is 33.0 Å². The maximum absolute atomic E-state index is 12.3. The summed E-state index contributed by atoms with van der Waals surface area (Å²) in [4.78, 5) is 6.33. The van der Waals surface area contributed by atoms with Gasteiger partial charge in [-0.05, 0) is 26.3 Å². The molecule has 0 saturated carbocycles. The minimum Gasteiger partial charge on any atom is -0.374 e. The van der Waals surface area contributed by atoms with Gasteiger partial charge in [0.15, 0.2) is 8.68 Å². The Hall–Kier alpha value is -0.250. The molecular formula is C12H18ClN3O3S2. The third-order valence-electron chi connectivity index (χ3n) is 3.93. The molecule has 21 heavy (non-hydrogen) atoms. The summed E-state index contributed by atoms with van der Waals surface area (Å²) in [6, 6.07) is 0.514. The number of fused-ring (bicyclic) bond motifs is 1. The largest absolute Gasteiger partial charge is 0.374 e. The van der Waals surface area contributed by atoms with E-state index in [1.807, 2.05) is 0 Å². The molecule has 3 rings (SSSR count). The van der Waals surface area contributed by atoms with Crippen LogP contribution in [0.25, 0.3) is 0 Å². The van der Waals surface area contributed by atoms with E-state index in [1.54, 1.807) is 6.92 Å². The average Bonchev–Trinajstić information content (AvgIpc) is 3.02. The van der Waals surface area contributed by atoms with Crippen molar-refractivity contribution in [1.29, 1.82) is 0 Å². The van der Waals surface area contributed by atoms with Crippen molar-refractivity contribution in [3.8, 4) is 0 Å². The zero-order valence-corrected chi connectivity index (χ0v) is 14.1. The lowest BCUT2D eigenvalue weighted by molar-refractivity contribution is -0.0448. The quantitative estimate of drug-likeness (QED) is 0.883. The monoisotopic (exact) mass is 351 g/mol. The molecule has 2 unspecified atom stereocenters. The van der Waals surface area contributed by atoms with Crippen LogP contribution < -0.4 is 4.72 Å². The number of ether oxygens (including phenoxy) is 1. The van der Waals surface area contributed by atoms with Crippen LogP contribution in [0.3, 0.4) is 0 Å². The van der Waals surface area contributed by atoms with Crippen molar-refractivity contribution in [3.63, 3.8) is 0 Å². The van der Waals surface area contributed by atoms with Crippen LogP contribution in [0, 0.1) is 6.92 Å². The van der Waals surface area contributed by atoms with Gasteiger partial charge in [-0.25, -0.2) is 18.1 Å². The van der Waals surface area contributed by atoms with Gasteiger partial charge < -0.3 is 4.74 Å². The van der Waals surface area contributed by atoms with Crippen molar-refractivity contribution in [3.05, 3.63) is 10.2 Å². The van der Waals surface area contributed by atoms with Gasteiger partial charge in [-0.15, -0.1) is 0 Å². The molecule has 0 aromatic carbocycles. The van der Waals surface area contributed by atoms with Crippen LogP contribution in [0.15, 0.2) is 4.21 Å². The molecule has 118 valence electrons. The highest BCUT2D eigenvalue weighted by atomic mass is 35.5. The minimum atomic E-state index is -3.57. The molecule has 3 heterocycles. The molecule has 1 aromatic heterocycles. The van der Waals surface area contributed by atoms with E-state index in [1.165, 1.54) is 12.8 Å². The fraction of sp³-hybridized carbons (Fsp3) is 0.750. The summed E-state index contributed by atoms with van der Waals surface area (Å²) < 4.78 is 33.3. The van der Waals surface area contributed by atoms with Gasteiger partial charge >= 0.3 is 0 Å². The lowest BCUT2D eigenvalue weighted by Crippen LogP contribution is -2.50. The van der Waals surface area contributed by atoms with E-state index in [0.29, 0.717) is 18.3 Å². The topological polar surface area (TPSA) is 71.5 Å². The first kappa shape index (κ1) is 15.6. The van der Waals surface area contributed by atoms with Crippen molar-refractivity contribution in [2.75, 3.05) is 26.2 Å². The molecule has 6 nitrogen and oxygen atoms in total. The normalized spacial score (nSPS) is 27.0. The van der Waals surface area contributed by atoms with Gasteiger partial charge in [0.2, 0.25) is 0 Å². The van der Waals surface area contributed by atoms with E-state index in [-0.39, 0.29) is 21.3 Å². The van der Waals surface area contributed by atoms with Gasteiger partial charge in [-0.1, -0.05) is 22.9 Å². The minimum absolute atomic E-state index is 0.0992. The molecule has 0 bridgehead atoms. The Kier molecular flexibility index (Phi) is 4.54. The van der Waals surface area contributed by atoms with Crippen LogP contribution in [0.2, 0.25) is 4.47 Å². The second-order valence-corrected chi connectivity index (χ2v) is 8.98. The summed E-state index contributed by atoms with van der Waals surface area (Å²) in [5.74, 6) is 0. The molecule has 1 aromatic rings. The van der Waals surface area contributed by atoms with E-state index >= 15 is 0 Å². The van der Waals surface area contributed by atoms with Gasteiger partial charge in [-0.3, -0.25) is 4.90 Å². The Balaban J connectivity index is 1.60. The van der Waals surface area contributed by atoms with E-state index < -0.39 is 10.0 Å². The number of morpholine rings is 1. The predicted octanol–water partition coefficient (Wildman–Crippen LogP) is 1.25. The molecule has 2 aliphatic heterocycles. The molecule has 0 amide bonds. The maximum Gasteiger partial charge on any atom is 0.252 e. The first-order valence-electron chi connectivity index (χ1n) is 6.94. The van der Waals surface area contributed by atoms with E-state index in [9.17, 15) is 8.42 Å². The molecule has 2 fully saturated rings. The van der Waals surface area contributed by atoms with Crippen LogP contribution in [-0.2, 0) is 14.8 Å². The van der Waals surface area contributed by atoms with Gasteiger partial charge in [0.1, 0.15) is 0 Å². The summed E-state index contributed by atoms with van der Waals surface area (Å²) in [6.07, 6.45) is 2.28. The van der Waals surface area contributed by atoms with Gasteiger partial charge in [0.05, 0.1) is 18.4 Å². The highest BCUT2D eigenvalue weighted by Crippen LogP contribution is 2.27. The highest BCUT2D eigenvalue weighted by molar-refractivity contribution is 7.91. The second kappa shape index (κ2) is 6.10. The van der Waals surface area contributed by atoms with Crippen LogP contribution in [-0.4, -0.2) is 56.7 Å². The van der Waals surface area contributed by atoms with Crippen molar-refractivity contribution in [2.45, 2.75) is 36.1 Å². The number of rotatable bonds is 4.